The predicted octanol–water partition coefficient (Wildman–Crippen LogP) is 3.31. The van der Waals surface area contributed by atoms with Gasteiger partial charge in [0.15, 0.2) is 11.5 Å². The Labute approximate surface area is 160 Å². The lowest BCUT2D eigenvalue weighted by molar-refractivity contribution is 0.0950. The number of benzene rings is 2. The average molecular weight is 381 g/mol. The monoisotopic (exact) mass is 381 g/mol. The van der Waals surface area contributed by atoms with E-state index >= 15 is 0 Å². The molecule has 0 spiro atoms. The van der Waals surface area contributed by atoms with E-state index in [1.807, 2.05) is 0 Å². The van der Waals surface area contributed by atoms with Crippen LogP contribution in [0.5, 0.6) is 11.5 Å². The molecular weight excluding hydrogens is 365 g/mol. The molecule has 2 aromatic carbocycles. The number of phenols is 1. The summed E-state index contributed by atoms with van der Waals surface area (Å²) in [6.07, 6.45) is 0. The molecule has 0 radical (unpaired) electrons. The molecule has 0 aliphatic heterocycles. The molecule has 0 unspecified atom stereocenters. The van der Waals surface area contributed by atoms with Crippen LogP contribution in [0.4, 0.5) is 4.39 Å². The zero-order valence-corrected chi connectivity index (χ0v) is 15.1. The van der Waals surface area contributed by atoms with Crippen LogP contribution in [0.2, 0.25) is 0 Å². The smallest absolute Gasteiger partial charge is 0.251 e. The Kier molecular flexibility index (Phi) is 5.27. The lowest BCUT2D eigenvalue weighted by Gasteiger charge is -2.04. The Morgan fingerprint density at radius 2 is 2.14 bits per heavy atom. The predicted molar refractivity (Wildman–Crippen MR) is 97.2 cm³/mol. The van der Waals surface area contributed by atoms with Crippen LogP contribution in [0.1, 0.15) is 27.4 Å². The van der Waals surface area contributed by atoms with Crippen LogP contribution >= 0.6 is 0 Å². The molecular formula is C20H16FN3O4. The summed E-state index contributed by atoms with van der Waals surface area (Å²) in [5.74, 6) is -0.120. The highest BCUT2D eigenvalue weighted by Gasteiger charge is 2.15. The summed E-state index contributed by atoms with van der Waals surface area (Å²) in [5.41, 5.74) is 1.19. The summed E-state index contributed by atoms with van der Waals surface area (Å²) >= 11 is 0. The molecule has 0 bridgehead atoms. The fraction of sp³-hybridized carbons (Fsp3) is 0.150. The van der Waals surface area contributed by atoms with Gasteiger partial charge in [0.25, 0.3) is 5.91 Å². The summed E-state index contributed by atoms with van der Waals surface area (Å²) in [6.45, 7) is 1.76. The molecule has 0 aliphatic carbocycles. The maximum absolute atomic E-state index is 13.5. The molecule has 1 amide bonds. The van der Waals surface area contributed by atoms with Gasteiger partial charge in [0.05, 0.1) is 25.3 Å². The number of aromatic nitrogens is 1. The standard InChI is InChI=1S/C20H16FN3O4/c1-11-16(10-23-19(26)14-5-12(9-22)6-15(21)7-14)24-20(28-11)13-3-4-17(25)18(8-13)27-2/h3-8,25H,10H2,1-2H3,(H,23,26). The number of amides is 1. The minimum atomic E-state index is -0.662. The molecule has 0 saturated heterocycles. The fourth-order valence-corrected chi connectivity index (χ4v) is 2.58. The summed E-state index contributed by atoms with van der Waals surface area (Å²) in [7, 11) is 1.44. The van der Waals surface area contributed by atoms with Crippen molar-refractivity contribution in [1.82, 2.24) is 10.3 Å². The highest BCUT2D eigenvalue weighted by molar-refractivity contribution is 5.94. The quantitative estimate of drug-likeness (QED) is 0.702. The molecule has 0 fully saturated rings. The van der Waals surface area contributed by atoms with Gasteiger partial charge in [0.2, 0.25) is 5.89 Å². The van der Waals surface area contributed by atoms with Crippen molar-refractivity contribution >= 4 is 5.91 Å². The lowest BCUT2D eigenvalue weighted by atomic mass is 10.1. The lowest BCUT2D eigenvalue weighted by Crippen LogP contribution is -2.23. The third kappa shape index (κ3) is 3.94. The first kappa shape index (κ1) is 18.9. The number of nitriles is 1. The number of methoxy groups -OCH3 is 1. The van der Waals surface area contributed by atoms with Gasteiger partial charge < -0.3 is 19.6 Å². The van der Waals surface area contributed by atoms with Crippen LogP contribution < -0.4 is 10.1 Å². The molecule has 2 N–H and O–H groups in total. The molecule has 142 valence electrons. The van der Waals surface area contributed by atoms with Crippen molar-refractivity contribution in [3.63, 3.8) is 0 Å². The second-order valence-corrected chi connectivity index (χ2v) is 5.93. The van der Waals surface area contributed by atoms with Crippen LogP contribution in [0.15, 0.2) is 40.8 Å². The van der Waals surface area contributed by atoms with Crippen molar-refractivity contribution in [3.8, 4) is 29.0 Å². The number of nitrogens with one attached hydrogen (secondary N) is 1. The topological polar surface area (TPSA) is 108 Å². The third-order valence-corrected chi connectivity index (χ3v) is 4.02. The average Bonchev–Trinajstić information content (AvgIpc) is 3.06. The number of rotatable bonds is 5. The number of hydrogen-bond acceptors (Lipinski definition) is 6. The van der Waals surface area contributed by atoms with Gasteiger partial charge in [0, 0.05) is 11.1 Å². The van der Waals surface area contributed by atoms with Crippen molar-refractivity contribution in [1.29, 1.82) is 5.26 Å². The number of carbonyl (C=O) groups excluding carboxylic acids is 1. The van der Waals surface area contributed by atoms with Crippen LogP contribution in [0, 0.1) is 24.1 Å². The van der Waals surface area contributed by atoms with E-state index in [-0.39, 0.29) is 29.2 Å². The van der Waals surface area contributed by atoms with E-state index in [2.05, 4.69) is 10.3 Å². The maximum Gasteiger partial charge on any atom is 0.251 e. The molecule has 0 aliphatic rings. The number of oxazole rings is 1. The molecule has 7 nitrogen and oxygen atoms in total. The Bertz CT molecular complexity index is 1090. The van der Waals surface area contributed by atoms with Gasteiger partial charge in [-0.25, -0.2) is 9.37 Å². The first-order valence-electron chi connectivity index (χ1n) is 8.24. The van der Waals surface area contributed by atoms with Crippen molar-refractivity contribution in [2.75, 3.05) is 7.11 Å². The van der Waals surface area contributed by atoms with E-state index in [0.29, 0.717) is 22.9 Å². The third-order valence-electron chi connectivity index (χ3n) is 4.02. The van der Waals surface area contributed by atoms with Gasteiger partial charge >= 0.3 is 0 Å². The van der Waals surface area contributed by atoms with Crippen molar-refractivity contribution in [2.45, 2.75) is 13.5 Å². The maximum atomic E-state index is 13.5. The van der Waals surface area contributed by atoms with Crippen molar-refractivity contribution < 1.29 is 23.4 Å². The van der Waals surface area contributed by atoms with E-state index in [9.17, 15) is 14.3 Å². The van der Waals surface area contributed by atoms with Crippen LogP contribution in [-0.4, -0.2) is 23.1 Å². The molecule has 3 rings (SSSR count). The van der Waals surface area contributed by atoms with Gasteiger partial charge in [-0.15, -0.1) is 0 Å². The van der Waals surface area contributed by atoms with E-state index in [1.165, 1.54) is 19.2 Å². The second-order valence-electron chi connectivity index (χ2n) is 5.93. The zero-order valence-electron chi connectivity index (χ0n) is 15.1. The number of hydrogen-bond donors (Lipinski definition) is 2. The van der Waals surface area contributed by atoms with E-state index < -0.39 is 11.7 Å². The van der Waals surface area contributed by atoms with Gasteiger partial charge in [0.1, 0.15) is 17.3 Å². The van der Waals surface area contributed by atoms with Gasteiger partial charge in [-0.2, -0.15) is 5.26 Å². The highest BCUT2D eigenvalue weighted by atomic mass is 19.1. The largest absolute Gasteiger partial charge is 0.504 e. The van der Waals surface area contributed by atoms with E-state index in [4.69, 9.17) is 14.4 Å². The second kappa shape index (κ2) is 7.80. The Hall–Kier alpha value is -3.86. The first-order valence-corrected chi connectivity index (χ1v) is 8.24. The van der Waals surface area contributed by atoms with Gasteiger partial charge in [-0.1, -0.05) is 0 Å². The van der Waals surface area contributed by atoms with Crippen LogP contribution in [0.25, 0.3) is 11.5 Å². The fourth-order valence-electron chi connectivity index (χ4n) is 2.58. The number of nitrogens with zero attached hydrogens (tertiary/aromatic N) is 2. The van der Waals surface area contributed by atoms with Gasteiger partial charge in [-0.05, 0) is 43.3 Å². The normalized spacial score (nSPS) is 10.4. The minimum absolute atomic E-state index is 0.00570. The van der Waals surface area contributed by atoms with Gasteiger partial charge in [-0.3, -0.25) is 4.79 Å². The zero-order chi connectivity index (χ0) is 20.3. The first-order chi connectivity index (χ1) is 13.4. The highest BCUT2D eigenvalue weighted by Crippen LogP contribution is 2.31. The molecule has 1 heterocycles. The number of aromatic hydroxyl groups is 1. The van der Waals surface area contributed by atoms with Crippen molar-refractivity contribution in [3.05, 3.63) is 64.8 Å². The van der Waals surface area contributed by atoms with E-state index in [0.717, 1.165) is 12.1 Å². The van der Waals surface area contributed by atoms with E-state index in [1.54, 1.807) is 25.1 Å². The molecule has 0 saturated carbocycles. The molecule has 28 heavy (non-hydrogen) atoms. The SMILES string of the molecule is COc1cc(-c2nc(CNC(=O)c3cc(F)cc(C#N)c3)c(C)o2)ccc1O. The van der Waals surface area contributed by atoms with Crippen LogP contribution in [-0.2, 0) is 6.54 Å². The van der Waals surface area contributed by atoms with Crippen molar-refractivity contribution in [2.24, 2.45) is 0 Å². The summed E-state index contributed by atoms with van der Waals surface area (Å²) in [5, 5.41) is 21.2. The Morgan fingerprint density at radius 1 is 1.36 bits per heavy atom. The Morgan fingerprint density at radius 3 is 2.86 bits per heavy atom. The molecule has 1 aromatic heterocycles. The summed E-state index contributed by atoms with van der Waals surface area (Å²) in [4.78, 5) is 16.6. The summed E-state index contributed by atoms with van der Waals surface area (Å²) < 4.78 is 24.2. The molecule has 0 atom stereocenters. The number of halogens is 1. The molecule has 3 aromatic rings. The Balaban J connectivity index is 1.77. The summed E-state index contributed by atoms with van der Waals surface area (Å²) in [6, 6.07) is 9.89. The number of carbonyl (C=O) groups is 1. The van der Waals surface area contributed by atoms with Crippen LogP contribution in [0.3, 0.4) is 0 Å². The number of ether oxygens (including phenoxy) is 1. The number of phenolic OH excluding ortho intramolecular Hbond substituents is 1. The minimum Gasteiger partial charge on any atom is -0.504 e. The molecule has 8 heteroatoms. The number of aryl methyl sites for hydroxylation is 1.